The van der Waals surface area contributed by atoms with E-state index in [2.05, 4.69) is 16.7 Å². The molecule has 0 radical (unpaired) electrons. The highest BCUT2D eigenvalue weighted by molar-refractivity contribution is 7.16. The molecule has 1 aliphatic carbocycles. The number of carbonyl (C=O) groups is 2. The van der Waals surface area contributed by atoms with Crippen molar-refractivity contribution in [1.29, 1.82) is 10.5 Å². The van der Waals surface area contributed by atoms with Gasteiger partial charge >= 0.3 is 0 Å². The van der Waals surface area contributed by atoms with Crippen molar-refractivity contribution in [2.45, 2.75) is 39.2 Å². The molecule has 5 rings (SSSR count). The highest BCUT2D eigenvalue weighted by atomic mass is 32.1. The Morgan fingerprint density at radius 3 is 2.58 bits per heavy atom. The number of carbonyl (C=O) groups excluding carboxylic acids is 2. The average molecular weight is 520 g/mol. The fourth-order valence-electron chi connectivity index (χ4n) is 4.76. The monoisotopic (exact) mass is 519 g/mol. The second-order valence-electron chi connectivity index (χ2n) is 9.29. The van der Waals surface area contributed by atoms with Crippen LogP contribution in [0.5, 0.6) is 0 Å². The Balaban J connectivity index is 1.40. The number of thiophene rings is 1. The third kappa shape index (κ3) is 5.08. The summed E-state index contributed by atoms with van der Waals surface area (Å²) in [5.74, 6) is -0.745. The van der Waals surface area contributed by atoms with E-state index in [0.29, 0.717) is 21.8 Å². The van der Waals surface area contributed by atoms with Gasteiger partial charge in [0.25, 0.3) is 5.91 Å². The van der Waals surface area contributed by atoms with Gasteiger partial charge in [0.2, 0.25) is 5.91 Å². The number of hydrogen-bond donors (Lipinski definition) is 2. The molecule has 0 bridgehead atoms. The standard InChI is InChI=1S/C30H25N5O2S/c1-19-10-12-22(13-11-19)33-28(36)18-35-17-21(23-6-2-4-8-26(23)35)14-20(15-31)29(37)34-30-25(16-32)24-7-3-5-9-27(24)38-30/h2,4,6,8,10-14,17H,3,5,7,9,18H2,1H3,(H,33,36)(H,34,37)/b20-14+. The van der Waals surface area contributed by atoms with Crippen LogP contribution in [0.1, 0.15) is 40.0 Å². The number of fused-ring (bicyclic) bond motifs is 2. The van der Waals surface area contributed by atoms with Crippen molar-refractivity contribution in [3.63, 3.8) is 0 Å². The van der Waals surface area contributed by atoms with E-state index < -0.39 is 5.91 Å². The van der Waals surface area contributed by atoms with E-state index in [0.717, 1.165) is 52.6 Å². The third-order valence-electron chi connectivity index (χ3n) is 6.64. The summed E-state index contributed by atoms with van der Waals surface area (Å²) in [4.78, 5) is 27.0. The molecule has 2 N–H and O–H groups in total. The second-order valence-corrected chi connectivity index (χ2v) is 10.4. The van der Waals surface area contributed by atoms with Crippen LogP contribution in [-0.2, 0) is 29.0 Å². The summed E-state index contributed by atoms with van der Waals surface area (Å²) < 4.78 is 1.80. The largest absolute Gasteiger partial charge is 0.337 e. The van der Waals surface area contributed by atoms with Crippen molar-refractivity contribution in [2.24, 2.45) is 0 Å². The molecule has 0 unspecified atom stereocenters. The number of hydrogen-bond acceptors (Lipinski definition) is 5. The van der Waals surface area contributed by atoms with E-state index >= 15 is 0 Å². The van der Waals surface area contributed by atoms with E-state index in [-0.39, 0.29) is 18.0 Å². The normalized spacial score (nSPS) is 12.9. The third-order valence-corrected chi connectivity index (χ3v) is 7.85. The van der Waals surface area contributed by atoms with Crippen molar-refractivity contribution in [3.05, 3.63) is 87.4 Å². The van der Waals surface area contributed by atoms with Crippen LogP contribution in [0.15, 0.2) is 60.3 Å². The molecule has 1 aliphatic rings. The lowest BCUT2D eigenvalue weighted by Crippen LogP contribution is -2.18. The number of aryl methyl sites for hydroxylation is 2. The van der Waals surface area contributed by atoms with Gasteiger partial charge in [0.1, 0.15) is 29.3 Å². The van der Waals surface area contributed by atoms with Crippen LogP contribution in [0.4, 0.5) is 10.7 Å². The number of aromatic nitrogens is 1. The Bertz CT molecular complexity index is 1660. The average Bonchev–Trinajstić information content (AvgIpc) is 3.45. The predicted molar refractivity (Wildman–Crippen MR) is 150 cm³/mol. The van der Waals surface area contributed by atoms with Crippen molar-refractivity contribution in [2.75, 3.05) is 10.6 Å². The van der Waals surface area contributed by atoms with Gasteiger partial charge in [-0.3, -0.25) is 9.59 Å². The number of nitrogens with zero attached hydrogens (tertiary/aromatic N) is 3. The molecule has 0 saturated heterocycles. The minimum atomic E-state index is -0.559. The molecule has 0 spiro atoms. The van der Waals surface area contributed by atoms with Gasteiger partial charge in [0.05, 0.1) is 5.56 Å². The van der Waals surface area contributed by atoms with Gasteiger partial charge in [-0.2, -0.15) is 10.5 Å². The Labute approximate surface area is 224 Å². The first-order chi connectivity index (χ1) is 18.5. The Hall–Kier alpha value is -4.66. The first-order valence-corrected chi connectivity index (χ1v) is 13.2. The van der Waals surface area contributed by atoms with Crippen LogP contribution in [0, 0.1) is 29.6 Å². The van der Waals surface area contributed by atoms with E-state index in [1.807, 2.05) is 61.5 Å². The maximum atomic E-state index is 13.1. The van der Waals surface area contributed by atoms with Crippen molar-refractivity contribution in [1.82, 2.24) is 4.57 Å². The summed E-state index contributed by atoms with van der Waals surface area (Å²) in [6, 6.07) is 19.4. The lowest BCUT2D eigenvalue weighted by Gasteiger charge is -2.09. The number of rotatable bonds is 6. The van der Waals surface area contributed by atoms with Crippen molar-refractivity contribution in [3.8, 4) is 12.1 Å². The first-order valence-electron chi connectivity index (χ1n) is 12.4. The topological polar surface area (TPSA) is 111 Å². The first kappa shape index (κ1) is 25.0. The lowest BCUT2D eigenvalue weighted by molar-refractivity contribution is -0.116. The highest BCUT2D eigenvalue weighted by Gasteiger charge is 2.23. The summed E-state index contributed by atoms with van der Waals surface area (Å²) in [7, 11) is 0. The lowest BCUT2D eigenvalue weighted by atomic mass is 9.96. The van der Waals surface area contributed by atoms with E-state index in [9.17, 15) is 20.1 Å². The number of para-hydroxylation sites is 1. The van der Waals surface area contributed by atoms with Gasteiger partial charge in [-0.15, -0.1) is 11.3 Å². The van der Waals surface area contributed by atoms with Gasteiger partial charge in [0, 0.05) is 33.2 Å². The van der Waals surface area contributed by atoms with Gasteiger partial charge in [-0.1, -0.05) is 35.9 Å². The molecule has 38 heavy (non-hydrogen) atoms. The second kappa shape index (κ2) is 10.8. The molecule has 7 nitrogen and oxygen atoms in total. The van der Waals surface area contributed by atoms with Gasteiger partial charge < -0.3 is 15.2 Å². The molecule has 0 aliphatic heterocycles. The number of nitriles is 2. The molecule has 2 aromatic heterocycles. The number of anilines is 2. The van der Waals surface area contributed by atoms with Crippen LogP contribution in [0.25, 0.3) is 17.0 Å². The summed E-state index contributed by atoms with van der Waals surface area (Å²) in [6.45, 7) is 2.06. The van der Waals surface area contributed by atoms with E-state index in [4.69, 9.17) is 0 Å². The van der Waals surface area contributed by atoms with Gasteiger partial charge in [-0.05, 0) is 62.4 Å². The number of amides is 2. The van der Waals surface area contributed by atoms with Gasteiger partial charge in [-0.25, -0.2) is 0 Å². The van der Waals surface area contributed by atoms with E-state index in [1.54, 1.807) is 10.8 Å². The number of nitrogens with one attached hydrogen (secondary N) is 2. The van der Waals surface area contributed by atoms with Crippen LogP contribution in [0.3, 0.4) is 0 Å². The van der Waals surface area contributed by atoms with E-state index in [1.165, 1.54) is 17.4 Å². The summed E-state index contributed by atoms with van der Waals surface area (Å²) in [5.41, 5.74) is 4.74. The van der Waals surface area contributed by atoms with Crippen LogP contribution in [-0.4, -0.2) is 16.4 Å². The van der Waals surface area contributed by atoms with Crippen LogP contribution < -0.4 is 10.6 Å². The summed E-state index contributed by atoms with van der Waals surface area (Å²) >= 11 is 1.42. The quantitative estimate of drug-likeness (QED) is 0.242. The zero-order valence-corrected chi connectivity index (χ0v) is 21.7. The maximum Gasteiger partial charge on any atom is 0.266 e. The smallest absolute Gasteiger partial charge is 0.266 e. The molecule has 8 heteroatoms. The summed E-state index contributed by atoms with van der Waals surface area (Å²) in [5, 5.41) is 26.5. The molecule has 4 aromatic rings. The minimum absolute atomic E-state index is 0.0720. The molecule has 2 heterocycles. The molecule has 0 fully saturated rings. The Morgan fingerprint density at radius 2 is 1.82 bits per heavy atom. The van der Waals surface area contributed by atoms with Crippen LogP contribution in [0.2, 0.25) is 0 Å². The minimum Gasteiger partial charge on any atom is -0.337 e. The zero-order valence-electron chi connectivity index (χ0n) is 20.9. The van der Waals surface area contributed by atoms with Crippen LogP contribution >= 0.6 is 11.3 Å². The maximum absolute atomic E-state index is 13.1. The fourth-order valence-corrected chi connectivity index (χ4v) is 5.99. The molecule has 188 valence electrons. The SMILES string of the molecule is Cc1ccc(NC(=O)Cn2cc(/C=C(\C#N)C(=O)Nc3sc4c(c3C#N)CCCC4)c3ccccc32)cc1. The Morgan fingerprint density at radius 1 is 1.05 bits per heavy atom. The molecular weight excluding hydrogens is 494 g/mol. The van der Waals surface area contributed by atoms with Gasteiger partial charge in [0.15, 0.2) is 0 Å². The molecule has 0 atom stereocenters. The highest BCUT2D eigenvalue weighted by Crippen LogP contribution is 2.38. The zero-order chi connectivity index (χ0) is 26.6. The van der Waals surface area contributed by atoms with Crippen molar-refractivity contribution >= 4 is 50.8 Å². The number of benzene rings is 2. The molecule has 2 amide bonds. The summed E-state index contributed by atoms with van der Waals surface area (Å²) in [6.07, 6.45) is 7.15. The molecule has 2 aromatic carbocycles. The van der Waals surface area contributed by atoms with Crippen molar-refractivity contribution < 1.29 is 9.59 Å². The predicted octanol–water partition coefficient (Wildman–Crippen LogP) is 5.95. The Kier molecular flexibility index (Phi) is 7.08. The molecule has 0 saturated carbocycles. The fraction of sp³-hybridized carbons (Fsp3) is 0.200. The molecular formula is C30H25N5O2S.